The summed E-state index contributed by atoms with van der Waals surface area (Å²) in [4.78, 5) is 8.55. The molecule has 2 aromatic rings. The molecule has 2 aromatic heterocycles. The van der Waals surface area contributed by atoms with Crippen molar-refractivity contribution >= 4 is 39.5 Å². The van der Waals surface area contributed by atoms with Gasteiger partial charge in [-0.3, -0.25) is 4.94 Å². The van der Waals surface area contributed by atoms with Gasteiger partial charge in [-0.05, 0) is 48.6 Å². The third-order valence-electron chi connectivity index (χ3n) is 3.09. The Morgan fingerprint density at radius 2 is 2.05 bits per heavy atom. The number of oxime groups is 1. The first-order valence-electron chi connectivity index (χ1n) is 6.90. The molecule has 0 spiro atoms. The summed E-state index contributed by atoms with van der Waals surface area (Å²) in [5.74, 6) is 0. The summed E-state index contributed by atoms with van der Waals surface area (Å²) in [5.41, 5.74) is 6.50. The molecule has 0 aromatic carbocycles. The predicted molar refractivity (Wildman–Crippen MR) is 98.4 cm³/mol. The van der Waals surface area contributed by atoms with Gasteiger partial charge in [0.2, 0.25) is 0 Å². The minimum atomic E-state index is 0.609. The zero-order valence-electron chi connectivity index (χ0n) is 13.1. The maximum Gasteiger partial charge on any atom is 0.0946 e. The summed E-state index contributed by atoms with van der Waals surface area (Å²) in [6.07, 6.45) is 0.609. The molecule has 0 fully saturated rings. The van der Waals surface area contributed by atoms with Gasteiger partial charge in [-0.2, -0.15) is 0 Å². The lowest BCUT2D eigenvalue weighted by molar-refractivity contribution is 0.0645. The fourth-order valence-electron chi connectivity index (χ4n) is 1.94. The van der Waals surface area contributed by atoms with E-state index in [0.29, 0.717) is 6.42 Å². The maximum atomic E-state index is 5.03. The first-order valence-corrected chi connectivity index (χ1v) is 8.60. The van der Waals surface area contributed by atoms with Gasteiger partial charge in [0.25, 0.3) is 0 Å². The van der Waals surface area contributed by atoms with Gasteiger partial charge in [0.15, 0.2) is 0 Å². The first kappa shape index (κ1) is 16.7. The lowest BCUT2D eigenvalue weighted by Gasteiger charge is -2.09. The standard InChI is InChI=1S/C17H20N2OS2/c1-11-8-17(21-10-11)12(2)9-15(19-20-18-5)14(4)16-7-6-13(3)22-16/h6-8,10,18H,2,4,9H2,1,3,5H3/b19-15+. The average molecular weight is 332 g/mol. The van der Waals surface area contributed by atoms with Gasteiger partial charge in [-0.1, -0.05) is 18.3 Å². The molecule has 0 saturated carbocycles. The highest BCUT2D eigenvalue weighted by Crippen LogP contribution is 2.29. The van der Waals surface area contributed by atoms with Crippen LogP contribution in [0.1, 0.15) is 26.6 Å². The van der Waals surface area contributed by atoms with E-state index in [1.54, 1.807) is 29.7 Å². The fraction of sp³-hybridized carbons (Fsp3) is 0.235. The van der Waals surface area contributed by atoms with E-state index < -0.39 is 0 Å². The van der Waals surface area contributed by atoms with Crippen LogP contribution in [0.15, 0.2) is 41.9 Å². The van der Waals surface area contributed by atoms with E-state index in [-0.39, 0.29) is 0 Å². The molecule has 0 amide bonds. The smallest absolute Gasteiger partial charge is 0.0946 e. The summed E-state index contributed by atoms with van der Waals surface area (Å²) in [5, 5.41) is 6.28. The molecule has 0 atom stereocenters. The van der Waals surface area contributed by atoms with Gasteiger partial charge in [0, 0.05) is 33.7 Å². The van der Waals surface area contributed by atoms with E-state index in [1.807, 2.05) is 0 Å². The number of hydroxylamine groups is 1. The Balaban J connectivity index is 2.19. The van der Waals surface area contributed by atoms with Crippen molar-refractivity contribution in [2.75, 3.05) is 7.05 Å². The van der Waals surface area contributed by atoms with Gasteiger partial charge >= 0.3 is 0 Å². The molecule has 0 saturated heterocycles. The summed E-state index contributed by atoms with van der Waals surface area (Å²) in [7, 11) is 1.68. The second-order valence-corrected chi connectivity index (χ2v) is 7.19. The summed E-state index contributed by atoms with van der Waals surface area (Å²) in [6.45, 7) is 12.5. The Hall–Kier alpha value is -1.69. The third kappa shape index (κ3) is 4.16. The van der Waals surface area contributed by atoms with Crippen LogP contribution in [0.4, 0.5) is 0 Å². The highest BCUT2D eigenvalue weighted by Gasteiger charge is 2.14. The van der Waals surface area contributed by atoms with Crippen LogP contribution in [-0.2, 0) is 4.94 Å². The molecular weight excluding hydrogens is 312 g/mol. The molecule has 5 heteroatoms. The molecule has 116 valence electrons. The van der Waals surface area contributed by atoms with E-state index in [9.17, 15) is 0 Å². The molecule has 0 radical (unpaired) electrons. The minimum absolute atomic E-state index is 0.609. The zero-order valence-corrected chi connectivity index (χ0v) is 14.7. The van der Waals surface area contributed by atoms with Crippen molar-refractivity contribution < 1.29 is 4.94 Å². The Kier molecular flexibility index (Phi) is 5.71. The molecule has 0 aliphatic heterocycles. The second kappa shape index (κ2) is 7.54. The van der Waals surface area contributed by atoms with E-state index >= 15 is 0 Å². The van der Waals surface area contributed by atoms with Crippen molar-refractivity contribution in [2.45, 2.75) is 20.3 Å². The van der Waals surface area contributed by atoms with Crippen molar-refractivity contribution in [1.29, 1.82) is 0 Å². The maximum absolute atomic E-state index is 5.03. The van der Waals surface area contributed by atoms with Crippen molar-refractivity contribution in [3.8, 4) is 0 Å². The zero-order chi connectivity index (χ0) is 16.1. The molecule has 0 unspecified atom stereocenters. The number of rotatable bonds is 7. The van der Waals surface area contributed by atoms with Gasteiger partial charge in [0.05, 0.1) is 5.71 Å². The highest BCUT2D eigenvalue weighted by atomic mass is 32.1. The Morgan fingerprint density at radius 1 is 1.27 bits per heavy atom. The van der Waals surface area contributed by atoms with Crippen molar-refractivity contribution in [3.05, 3.63) is 56.9 Å². The van der Waals surface area contributed by atoms with Crippen LogP contribution in [0.25, 0.3) is 11.1 Å². The van der Waals surface area contributed by atoms with Crippen molar-refractivity contribution in [3.63, 3.8) is 0 Å². The normalized spacial score (nSPS) is 11.5. The Morgan fingerprint density at radius 3 is 2.59 bits per heavy atom. The van der Waals surface area contributed by atoms with Gasteiger partial charge in [-0.15, -0.1) is 28.2 Å². The van der Waals surface area contributed by atoms with Crippen LogP contribution in [0, 0.1) is 13.8 Å². The SMILES string of the molecule is C=C(C/C(=N\ONC)C(=C)c1ccc(C)s1)c1cc(C)cs1. The molecule has 2 rings (SSSR count). The quantitative estimate of drug-likeness (QED) is 0.568. The van der Waals surface area contributed by atoms with Crippen molar-refractivity contribution in [2.24, 2.45) is 5.16 Å². The van der Waals surface area contributed by atoms with Crippen LogP contribution in [-0.4, -0.2) is 12.8 Å². The van der Waals surface area contributed by atoms with Crippen LogP contribution >= 0.6 is 22.7 Å². The average Bonchev–Trinajstić information content (AvgIpc) is 3.11. The van der Waals surface area contributed by atoms with Crippen molar-refractivity contribution in [1.82, 2.24) is 5.48 Å². The molecule has 0 aliphatic rings. The van der Waals surface area contributed by atoms with E-state index in [2.05, 4.69) is 61.2 Å². The monoisotopic (exact) mass is 332 g/mol. The third-order valence-corrected chi connectivity index (χ3v) is 5.30. The lowest BCUT2D eigenvalue weighted by atomic mass is 10.0. The van der Waals surface area contributed by atoms with Crippen LogP contribution < -0.4 is 5.48 Å². The van der Waals surface area contributed by atoms with E-state index in [1.165, 1.54) is 15.3 Å². The highest BCUT2D eigenvalue weighted by molar-refractivity contribution is 7.13. The number of nitrogens with zero attached hydrogens (tertiary/aromatic N) is 1. The number of thiophene rings is 2. The first-order chi connectivity index (χ1) is 10.5. The Bertz CT molecular complexity index is 710. The number of allylic oxidation sites excluding steroid dienone is 2. The molecule has 0 bridgehead atoms. The summed E-state index contributed by atoms with van der Waals surface area (Å²) < 4.78 is 0. The largest absolute Gasteiger partial charge is 0.300 e. The number of hydrogen-bond acceptors (Lipinski definition) is 5. The van der Waals surface area contributed by atoms with Crippen LogP contribution in [0.3, 0.4) is 0 Å². The molecule has 2 heterocycles. The molecular formula is C17H20N2OS2. The van der Waals surface area contributed by atoms with E-state index in [4.69, 9.17) is 4.94 Å². The Labute approximate surface area is 139 Å². The predicted octanol–water partition coefficient (Wildman–Crippen LogP) is 5.05. The number of nitrogens with one attached hydrogen (secondary N) is 1. The summed E-state index contributed by atoms with van der Waals surface area (Å²) in [6, 6.07) is 6.29. The number of hydrogen-bond donors (Lipinski definition) is 1. The fourth-order valence-corrected chi connectivity index (χ4v) is 3.67. The molecule has 3 nitrogen and oxygen atoms in total. The van der Waals surface area contributed by atoms with Crippen LogP contribution in [0.2, 0.25) is 0 Å². The molecule has 22 heavy (non-hydrogen) atoms. The minimum Gasteiger partial charge on any atom is -0.300 e. The molecule has 0 aliphatic carbocycles. The number of aryl methyl sites for hydroxylation is 2. The molecule has 1 N–H and O–H groups in total. The van der Waals surface area contributed by atoms with Crippen LogP contribution in [0.5, 0.6) is 0 Å². The summed E-state index contributed by atoms with van der Waals surface area (Å²) >= 11 is 3.40. The van der Waals surface area contributed by atoms with Gasteiger partial charge in [0.1, 0.15) is 0 Å². The topological polar surface area (TPSA) is 33.6 Å². The van der Waals surface area contributed by atoms with Gasteiger partial charge < -0.3 is 0 Å². The van der Waals surface area contributed by atoms with Gasteiger partial charge in [-0.25, -0.2) is 0 Å². The lowest BCUT2D eigenvalue weighted by Crippen LogP contribution is -2.08. The second-order valence-electron chi connectivity index (χ2n) is 4.99. The van der Waals surface area contributed by atoms with E-state index in [0.717, 1.165) is 21.7 Å².